The molecule has 0 saturated heterocycles. The third-order valence-corrected chi connectivity index (χ3v) is 3.58. The SMILES string of the molecule is CCCCCCOc1ccc(-c2cscn2)cc1N. The fourth-order valence-electron chi connectivity index (χ4n) is 1.91. The number of benzene rings is 1. The van der Waals surface area contributed by atoms with E-state index in [9.17, 15) is 0 Å². The van der Waals surface area contributed by atoms with Crippen LogP contribution in [0.15, 0.2) is 29.1 Å². The number of aromatic nitrogens is 1. The Morgan fingerprint density at radius 3 is 2.84 bits per heavy atom. The standard InChI is InChI=1S/C15H20N2OS/c1-2-3-4-5-8-18-15-7-6-12(9-13(15)16)14-10-19-11-17-14/h6-7,9-11H,2-5,8,16H2,1H3. The average Bonchev–Trinajstić information content (AvgIpc) is 2.94. The summed E-state index contributed by atoms with van der Waals surface area (Å²) in [7, 11) is 0. The third-order valence-electron chi connectivity index (χ3n) is 2.99. The molecule has 1 aromatic heterocycles. The summed E-state index contributed by atoms with van der Waals surface area (Å²) in [5, 5.41) is 2.01. The normalized spacial score (nSPS) is 10.6. The zero-order chi connectivity index (χ0) is 13.5. The molecule has 0 atom stereocenters. The molecule has 0 unspecified atom stereocenters. The van der Waals surface area contributed by atoms with Crippen molar-refractivity contribution in [3.05, 3.63) is 29.1 Å². The molecule has 0 radical (unpaired) electrons. The van der Waals surface area contributed by atoms with Gasteiger partial charge in [-0.3, -0.25) is 0 Å². The average molecular weight is 276 g/mol. The van der Waals surface area contributed by atoms with E-state index in [0.717, 1.165) is 30.0 Å². The minimum atomic E-state index is 0.681. The Morgan fingerprint density at radius 2 is 2.16 bits per heavy atom. The lowest BCUT2D eigenvalue weighted by Gasteiger charge is -2.09. The lowest BCUT2D eigenvalue weighted by Crippen LogP contribution is -2.00. The van der Waals surface area contributed by atoms with Gasteiger partial charge in [0.25, 0.3) is 0 Å². The van der Waals surface area contributed by atoms with Gasteiger partial charge in [0.1, 0.15) is 5.75 Å². The Balaban J connectivity index is 1.92. The zero-order valence-electron chi connectivity index (χ0n) is 11.3. The molecule has 4 heteroatoms. The van der Waals surface area contributed by atoms with Crippen LogP contribution in [-0.4, -0.2) is 11.6 Å². The molecule has 19 heavy (non-hydrogen) atoms. The van der Waals surface area contributed by atoms with Gasteiger partial charge >= 0.3 is 0 Å². The molecule has 102 valence electrons. The summed E-state index contributed by atoms with van der Waals surface area (Å²) in [5.41, 5.74) is 10.5. The predicted molar refractivity (Wildman–Crippen MR) is 81.6 cm³/mol. The maximum atomic E-state index is 6.02. The van der Waals surface area contributed by atoms with Crippen LogP contribution in [0.5, 0.6) is 5.75 Å². The summed E-state index contributed by atoms with van der Waals surface area (Å²) < 4.78 is 5.71. The molecule has 0 spiro atoms. The first-order valence-corrected chi connectivity index (χ1v) is 7.66. The maximum absolute atomic E-state index is 6.02. The number of nitrogen functional groups attached to an aromatic ring is 1. The van der Waals surface area contributed by atoms with E-state index in [4.69, 9.17) is 10.5 Å². The van der Waals surface area contributed by atoms with Crippen LogP contribution in [0.3, 0.4) is 0 Å². The number of anilines is 1. The molecular formula is C15H20N2OS. The second-order valence-electron chi connectivity index (χ2n) is 4.54. The molecule has 0 fully saturated rings. The van der Waals surface area contributed by atoms with E-state index in [1.165, 1.54) is 19.3 Å². The number of thiazole rings is 1. The van der Waals surface area contributed by atoms with Gasteiger partial charge in [-0.2, -0.15) is 0 Å². The Labute approximate surface area is 118 Å². The van der Waals surface area contributed by atoms with Crippen LogP contribution in [0.2, 0.25) is 0 Å². The van der Waals surface area contributed by atoms with Crippen LogP contribution in [0.4, 0.5) is 5.69 Å². The van der Waals surface area contributed by atoms with Gasteiger partial charge in [-0.15, -0.1) is 11.3 Å². The fraction of sp³-hybridized carbons (Fsp3) is 0.400. The Bertz CT molecular complexity index is 497. The van der Waals surface area contributed by atoms with Crippen molar-refractivity contribution in [2.24, 2.45) is 0 Å². The molecule has 1 heterocycles. The molecule has 0 aliphatic carbocycles. The largest absolute Gasteiger partial charge is 0.491 e. The Hall–Kier alpha value is -1.55. The second-order valence-corrected chi connectivity index (χ2v) is 5.25. The highest BCUT2D eigenvalue weighted by Crippen LogP contribution is 2.28. The Morgan fingerprint density at radius 1 is 1.26 bits per heavy atom. The summed E-state index contributed by atoms with van der Waals surface area (Å²) in [6.45, 7) is 2.94. The van der Waals surface area contributed by atoms with Crippen LogP contribution in [0.25, 0.3) is 11.3 Å². The van der Waals surface area contributed by atoms with Gasteiger partial charge in [-0.1, -0.05) is 26.2 Å². The van der Waals surface area contributed by atoms with E-state index in [1.807, 2.05) is 29.1 Å². The Kier molecular flexibility index (Phi) is 5.21. The summed E-state index contributed by atoms with van der Waals surface area (Å²) in [4.78, 5) is 4.28. The van der Waals surface area contributed by atoms with E-state index in [-0.39, 0.29) is 0 Å². The van der Waals surface area contributed by atoms with Gasteiger partial charge in [-0.25, -0.2) is 4.98 Å². The van der Waals surface area contributed by atoms with Gasteiger partial charge < -0.3 is 10.5 Å². The molecule has 0 saturated carbocycles. The van der Waals surface area contributed by atoms with E-state index in [2.05, 4.69) is 11.9 Å². The highest BCUT2D eigenvalue weighted by atomic mass is 32.1. The van der Waals surface area contributed by atoms with Gasteiger partial charge in [0.2, 0.25) is 0 Å². The molecule has 1 aromatic carbocycles. The van der Waals surface area contributed by atoms with Crippen LogP contribution in [0, 0.1) is 0 Å². The highest BCUT2D eigenvalue weighted by Gasteiger charge is 2.05. The number of hydrogen-bond donors (Lipinski definition) is 1. The van der Waals surface area contributed by atoms with Crippen LogP contribution in [-0.2, 0) is 0 Å². The molecule has 0 amide bonds. The van der Waals surface area contributed by atoms with Crippen molar-refractivity contribution in [2.75, 3.05) is 12.3 Å². The quantitative estimate of drug-likeness (QED) is 0.604. The van der Waals surface area contributed by atoms with Gasteiger partial charge in [-0.05, 0) is 24.6 Å². The lowest BCUT2D eigenvalue weighted by molar-refractivity contribution is 0.306. The lowest BCUT2D eigenvalue weighted by atomic mass is 10.1. The summed E-state index contributed by atoms with van der Waals surface area (Å²) in [5.74, 6) is 0.774. The van der Waals surface area contributed by atoms with Crippen molar-refractivity contribution < 1.29 is 4.74 Å². The summed E-state index contributed by atoms with van der Waals surface area (Å²) in [6, 6.07) is 5.87. The van der Waals surface area contributed by atoms with Gasteiger partial charge in [0.05, 0.1) is 23.5 Å². The van der Waals surface area contributed by atoms with E-state index < -0.39 is 0 Å². The van der Waals surface area contributed by atoms with Crippen molar-refractivity contribution in [1.29, 1.82) is 0 Å². The monoisotopic (exact) mass is 276 g/mol. The first kappa shape index (κ1) is 13.9. The zero-order valence-corrected chi connectivity index (χ0v) is 12.1. The smallest absolute Gasteiger partial charge is 0.142 e. The van der Waals surface area contributed by atoms with Crippen molar-refractivity contribution in [3.8, 4) is 17.0 Å². The molecule has 0 bridgehead atoms. The van der Waals surface area contributed by atoms with Crippen molar-refractivity contribution >= 4 is 17.0 Å². The number of unbranched alkanes of at least 4 members (excludes halogenated alkanes) is 3. The number of rotatable bonds is 7. The van der Waals surface area contributed by atoms with Crippen LogP contribution >= 0.6 is 11.3 Å². The van der Waals surface area contributed by atoms with E-state index >= 15 is 0 Å². The molecule has 0 aliphatic rings. The topological polar surface area (TPSA) is 48.1 Å². The highest BCUT2D eigenvalue weighted by molar-refractivity contribution is 7.07. The van der Waals surface area contributed by atoms with Crippen LogP contribution < -0.4 is 10.5 Å². The van der Waals surface area contributed by atoms with E-state index in [0.29, 0.717) is 5.69 Å². The molecule has 2 aromatic rings. The van der Waals surface area contributed by atoms with Crippen molar-refractivity contribution in [2.45, 2.75) is 32.6 Å². The first-order valence-electron chi connectivity index (χ1n) is 6.72. The second kappa shape index (κ2) is 7.14. The molecule has 0 aliphatic heterocycles. The summed E-state index contributed by atoms with van der Waals surface area (Å²) >= 11 is 1.58. The minimum Gasteiger partial charge on any atom is -0.491 e. The number of nitrogens with zero attached hydrogens (tertiary/aromatic N) is 1. The molecular weight excluding hydrogens is 256 g/mol. The van der Waals surface area contributed by atoms with Crippen molar-refractivity contribution in [1.82, 2.24) is 4.98 Å². The number of nitrogens with two attached hydrogens (primary N) is 1. The first-order chi connectivity index (χ1) is 9.31. The third kappa shape index (κ3) is 3.96. The molecule has 2 rings (SSSR count). The molecule has 2 N–H and O–H groups in total. The molecule has 3 nitrogen and oxygen atoms in total. The number of ether oxygens (including phenoxy) is 1. The number of hydrogen-bond acceptors (Lipinski definition) is 4. The summed E-state index contributed by atoms with van der Waals surface area (Å²) in [6.07, 6.45) is 4.81. The van der Waals surface area contributed by atoms with Crippen LogP contribution in [0.1, 0.15) is 32.6 Å². The minimum absolute atomic E-state index is 0.681. The fourth-order valence-corrected chi connectivity index (χ4v) is 2.47. The maximum Gasteiger partial charge on any atom is 0.142 e. The van der Waals surface area contributed by atoms with E-state index in [1.54, 1.807) is 11.3 Å². The van der Waals surface area contributed by atoms with Gasteiger partial charge in [0.15, 0.2) is 0 Å². The van der Waals surface area contributed by atoms with Gasteiger partial charge in [0, 0.05) is 10.9 Å². The van der Waals surface area contributed by atoms with Crippen molar-refractivity contribution in [3.63, 3.8) is 0 Å². The predicted octanol–water partition coefficient (Wildman–Crippen LogP) is 4.35.